The second-order valence-electron chi connectivity index (χ2n) is 5.39. The molecule has 2 rings (SSSR count). The minimum absolute atomic E-state index is 0.346. The van der Waals surface area contributed by atoms with Crippen LogP contribution >= 0.6 is 27.5 Å². The van der Waals surface area contributed by atoms with Crippen molar-refractivity contribution in [2.75, 3.05) is 11.9 Å². The number of hydrogen-bond acceptors (Lipinski definition) is 1. The van der Waals surface area contributed by atoms with E-state index in [-0.39, 0.29) is 5.82 Å². The Kier molecular flexibility index (Phi) is 5.65. The van der Waals surface area contributed by atoms with Gasteiger partial charge in [-0.2, -0.15) is 0 Å². The molecule has 0 bridgehead atoms. The standard InChI is InChI=1S/C17H18BrClFN/c1-11(2)14(12-6-4-3-5-7-12)10-21-17-15(18)8-13(20)9-16(17)19/h3-9,11,14,21H,10H2,1-2H3. The van der Waals surface area contributed by atoms with Crippen LogP contribution in [0, 0.1) is 11.7 Å². The molecule has 0 aliphatic rings. The summed E-state index contributed by atoms with van der Waals surface area (Å²) in [5.74, 6) is 0.498. The molecule has 0 saturated heterocycles. The molecule has 1 N–H and O–H groups in total. The third-order valence-corrected chi connectivity index (χ3v) is 4.46. The van der Waals surface area contributed by atoms with Crippen LogP contribution in [0.5, 0.6) is 0 Å². The summed E-state index contributed by atoms with van der Waals surface area (Å²) in [6.07, 6.45) is 0. The average Bonchev–Trinajstić information content (AvgIpc) is 2.42. The molecule has 0 spiro atoms. The van der Waals surface area contributed by atoms with E-state index in [0.29, 0.717) is 21.3 Å². The van der Waals surface area contributed by atoms with Crippen molar-refractivity contribution in [3.63, 3.8) is 0 Å². The van der Waals surface area contributed by atoms with Crippen LogP contribution in [0.3, 0.4) is 0 Å². The maximum atomic E-state index is 13.3. The van der Waals surface area contributed by atoms with Crippen molar-refractivity contribution in [2.24, 2.45) is 5.92 Å². The minimum Gasteiger partial charge on any atom is -0.382 e. The van der Waals surface area contributed by atoms with Crippen LogP contribution in [0.4, 0.5) is 10.1 Å². The fraction of sp³-hybridized carbons (Fsp3) is 0.294. The number of anilines is 1. The summed E-state index contributed by atoms with van der Waals surface area (Å²) in [6.45, 7) is 5.13. The molecule has 1 nitrogen and oxygen atoms in total. The number of rotatable bonds is 5. The molecule has 0 saturated carbocycles. The fourth-order valence-electron chi connectivity index (χ4n) is 2.36. The summed E-state index contributed by atoms with van der Waals surface area (Å²) in [4.78, 5) is 0. The lowest BCUT2D eigenvalue weighted by molar-refractivity contribution is 0.517. The van der Waals surface area contributed by atoms with E-state index in [0.717, 1.165) is 12.2 Å². The second kappa shape index (κ2) is 7.28. The van der Waals surface area contributed by atoms with Gasteiger partial charge in [0.15, 0.2) is 0 Å². The lowest BCUT2D eigenvalue weighted by atomic mass is 9.88. The minimum atomic E-state index is -0.346. The van der Waals surface area contributed by atoms with Crippen LogP contribution in [0.1, 0.15) is 25.3 Å². The fourth-order valence-corrected chi connectivity index (χ4v) is 3.32. The van der Waals surface area contributed by atoms with Gasteiger partial charge in [0.05, 0.1) is 10.7 Å². The molecule has 0 heterocycles. The van der Waals surface area contributed by atoms with Gasteiger partial charge in [-0.1, -0.05) is 55.8 Å². The van der Waals surface area contributed by atoms with E-state index in [1.54, 1.807) is 0 Å². The third-order valence-electron chi connectivity index (χ3n) is 3.54. The van der Waals surface area contributed by atoms with Crippen LogP contribution in [0.15, 0.2) is 46.9 Å². The van der Waals surface area contributed by atoms with E-state index in [9.17, 15) is 4.39 Å². The first-order valence-corrected chi connectivity index (χ1v) is 8.09. The van der Waals surface area contributed by atoms with Crippen molar-refractivity contribution in [3.8, 4) is 0 Å². The van der Waals surface area contributed by atoms with Gasteiger partial charge in [-0.05, 0) is 39.5 Å². The topological polar surface area (TPSA) is 12.0 Å². The highest BCUT2D eigenvalue weighted by Gasteiger charge is 2.17. The van der Waals surface area contributed by atoms with E-state index >= 15 is 0 Å². The Morgan fingerprint density at radius 3 is 2.43 bits per heavy atom. The predicted molar refractivity (Wildman–Crippen MR) is 91.6 cm³/mol. The SMILES string of the molecule is CC(C)C(CNc1c(Cl)cc(F)cc1Br)c1ccccc1. The van der Waals surface area contributed by atoms with Crippen molar-refractivity contribution in [3.05, 3.63) is 63.3 Å². The molecule has 0 aliphatic carbocycles. The van der Waals surface area contributed by atoms with E-state index in [1.807, 2.05) is 18.2 Å². The molecule has 21 heavy (non-hydrogen) atoms. The van der Waals surface area contributed by atoms with Crippen molar-refractivity contribution in [1.29, 1.82) is 0 Å². The van der Waals surface area contributed by atoms with Gasteiger partial charge in [-0.3, -0.25) is 0 Å². The predicted octanol–water partition coefficient (Wildman–Crippen LogP) is 6.09. The van der Waals surface area contributed by atoms with E-state index < -0.39 is 0 Å². The van der Waals surface area contributed by atoms with Gasteiger partial charge < -0.3 is 5.32 Å². The molecule has 1 atom stereocenters. The Labute approximate surface area is 138 Å². The van der Waals surface area contributed by atoms with E-state index in [2.05, 4.69) is 47.2 Å². The van der Waals surface area contributed by atoms with Gasteiger partial charge in [0.25, 0.3) is 0 Å². The zero-order valence-electron chi connectivity index (χ0n) is 12.0. The Hall–Kier alpha value is -1.06. The van der Waals surface area contributed by atoms with Gasteiger partial charge in [-0.25, -0.2) is 4.39 Å². The quantitative estimate of drug-likeness (QED) is 0.671. The Morgan fingerprint density at radius 1 is 1.19 bits per heavy atom. The number of benzene rings is 2. The average molecular weight is 371 g/mol. The lowest BCUT2D eigenvalue weighted by Gasteiger charge is -2.23. The summed E-state index contributed by atoms with van der Waals surface area (Å²) in [7, 11) is 0. The molecule has 2 aromatic rings. The molecule has 2 aromatic carbocycles. The zero-order valence-corrected chi connectivity index (χ0v) is 14.4. The van der Waals surface area contributed by atoms with Crippen molar-refractivity contribution in [2.45, 2.75) is 19.8 Å². The number of halogens is 3. The largest absolute Gasteiger partial charge is 0.382 e. The second-order valence-corrected chi connectivity index (χ2v) is 6.65. The maximum absolute atomic E-state index is 13.3. The highest BCUT2D eigenvalue weighted by molar-refractivity contribution is 9.10. The smallest absolute Gasteiger partial charge is 0.125 e. The summed E-state index contributed by atoms with van der Waals surface area (Å²) in [6, 6.07) is 13.1. The maximum Gasteiger partial charge on any atom is 0.125 e. The van der Waals surface area contributed by atoms with Gasteiger partial charge in [-0.15, -0.1) is 0 Å². The third kappa shape index (κ3) is 4.21. The highest BCUT2D eigenvalue weighted by Crippen LogP contribution is 2.33. The molecule has 112 valence electrons. The van der Waals surface area contributed by atoms with Gasteiger partial charge >= 0.3 is 0 Å². The molecule has 0 aliphatic heterocycles. The summed E-state index contributed by atoms with van der Waals surface area (Å²) in [5.41, 5.74) is 2.02. The van der Waals surface area contributed by atoms with Crippen LogP contribution in [0.2, 0.25) is 5.02 Å². The Bertz CT molecular complexity index is 578. The number of hydrogen-bond donors (Lipinski definition) is 1. The van der Waals surface area contributed by atoms with Crippen LogP contribution in [-0.2, 0) is 0 Å². The Morgan fingerprint density at radius 2 is 1.86 bits per heavy atom. The van der Waals surface area contributed by atoms with Gasteiger partial charge in [0.1, 0.15) is 5.82 Å². The summed E-state index contributed by atoms with van der Waals surface area (Å²) < 4.78 is 13.9. The van der Waals surface area contributed by atoms with Crippen molar-refractivity contribution < 1.29 is 4.39 Å². The van der Waals surface area contributed by atoms with Crippen LogP contribution < -0.4 is 5.32 Å². The molecular formula is C17H18BrClFN. The Balaban J connectivity index is 2.17. The van der Waals surface area contributed by atoms with Gasteiger partial charge in [0, 0.05) is 16.9 Å². The molecular weight excluding hydrogens is 353 g/mol. The van der Waals surface area contributed by atoms with Crippen LogP contribution in [0.25, 0.3) is 0 Å². The van der Waals surface area contributed by atoms with E-state index in [4.69, 9.17) is 11.6 Å². The molecule has 0 aromatic heterocycles. The van der Waals surface area contributed by atoms with Crippen molar-refractivity contribution in [1.82, 2.24) is 0 Å². The van der Waals surface area contributed by atoms with E-state index in [1.165, 1.54) is 17.7 Å². The lowest BCUT2D eigenvalue weighted by Crippen LogP contribution is -2.18. The summed E-state index contributed by atoms with van der Waals surface area (Å²) >= 11 is 9.47. The molecule has 4 heteroatoms. The number of nitrogens with one attached hydrogen (secondary N) is 1. The van der Waals surface area contributed by atoms with Crippen molar-refractivity contribution >= 4 is 33.2 Å². The molecule has 1 unspecified atom stereocenters. The molecule has 0 amide bonds. The highest BCUT2D eigenvalue weighted by atomic mass is 79.9. The first-order chi connectivity index (χ1) is 9.99. The van der Waals surface area contributed by atoms with Gasteiger partial charge in [0.2, 0.25) is 0 Å². The normalized spacial score (nSPS) is 12.5. The molecule has 0 fully saturated rings. The first kappa shape index (κ1) is 16.3. The monoisotopic (exact) mass is 369 g/mol. The zero-order chi connectivity index (χ0) is 15.4. The van der Waals surface area contributed by atoms with Crippen LogP contribution in [-0.4, -0.2) is 6.54 Å². The molecule has 0 radical (unpaired) electrons. The first-order valence-electron chi connectivity index (χ1n) is 6.92. The summed E-state index contributed by atoms with van der Waals surface area (Å²) in [5, 5.41) is 3.73.